The monoisotopic (exact) mass is 458 g/mol. The molecule has 0 bridgehead atoms. The van der Waals surface area contributed by atoms with Crippen LogP contribution in [0.25, 0.3) is 0 Å². The molecule has 0 aliphatic carbocycles. The molecule has 6 nitrogen and oxygen atoms in total. The van der Waals surface area contributed by atoms with Gasteiger partial charge in [0, 0.05) is 53.3 Å². The van der Waals surface area contributed by atoms with Crippen molar-refractivity contribution >= 4 is 41.5 Å². The number of hydrogen-bond acceptors (Lipinski definition) is 3. The van der Waals surface area contributed by atoms with Crippen molar-refractivity contribution in [2.45, 2.75) is 13.0 Å². The van der Waals surface area contributed by atoms with Crippen molar-refractivity contribution in [1.82, 2.24) is 14.8 Å². The molecule has 8 heteroatoms. The Morgan fingerprint density at radius 3 is 2.70 bits per heavy atom. The van der Waals surface area contributed by atoms with Gasteiger partial charge in [-0.2, -0.15) is 0 Å². The van der Waals surface area contributed by atoms with Crippen molar-refractivity contribution in [2.24, 2.45) is 12.0 Å². The maximum atomic E-state index is 6.01. The van der Waals surface area contributed by atoms with Gasteiger partial charge < -0.3 is 24.3 Å². The van der Waals surface area contributed by atoms with Gasteiger partial charge in [0.25, 0.3) is 0 Å². The van der Waals surface area contributed by atoms with Crippen molar-refractivity contribution in [3.63, 3.8) is 0 Å². The van der Waals surface area contributed by atoms with E-state index < -0.39 is 0 Å². The van der Waals surface area contributed by atoms with Gasteiger partial charge in [-0.05, 0) is 12.5 Å². The SMILES string of the molecule is CN=C(NCCCOCCOC)N(C)Cc1cc(Cl)cn1C.I. The van der Waals surface area contributed by atoms with Gasteiger partial charge in [-0.15, -0.1) is 24.0 Å². The van der Waals surface area contributed by atoms with Crippen molar-refractivity contribution < 1.29 is 9.47 Å². The molecule has 1 aromatic heterocycles. The summed E-state index contributed by atoms with van der Waals surface area (Å²) in [5, 5.41) is 4.08. The number of aromatic nitrogens is 1. The summed E-state index contributed by atoms with van der Waals surface area (Å²) in [7, 11) is 7.45. The normalized spacial score (nSPS) is 11.3. The first-order valence-corrected chi connectivity index (χ1v) is 7.75. The number of methoxy groups -OCH3 is 1. The van der Waals surface area contributed by atoms with Gasteiger partial charge in [-0.3, -0.25) is 4.99 Å². The third kappa shape index (κ3) is 8.78. The van der Waals surface area contributed by atoms with Crippen LogP contribution in [0.1, 0.15) is 12.1 Å². The van der Waals surface area contributed by atoms with E-state index in [1.807, 2.05) is 30.9 Å². The minimum atomic E-state index is 0. The molecule has 0 spiro atoms. The standard InChI is InChI=1S/C15H27ClN4O2.HI/c1-17-15(18-6-5-7-22-9-8-21-4)20(3)12-14-10-13(16)11-19(14)2;/h10-11H,5-9,12H2,1-4H3,(H,17,18);1H. The Kier molecular flexibility index (Phi) is 12.6. The van der Waals surface area contributed by atoms with Gasteiger partial charge in [0.05, 0.1) is 24.8 Å². The predicted molar refractivity (Wildman–Crippen MR) is 106 cm³/mol. The number of guanidine groups is 1. The highest BCUT2D eigenvalue weighted by Gasteiger charge is 2.09. The van der Waals surface area contributed by atoms with Crippen LogP contribution in [0.4, 0.5) is 0 Å². The molecule has 0 unspecified atom stereocenters. The number of rotatable bonds is 9. The zero-order valence-corrected chi connectivity index (χ0v) is 17.4. The van der Waals surface area contributed by atoms with E-state index in [9.17, 15) is 0 Å². The Morgan fingerprint density at radius 1 is 1.39 bits per heavy atom. The van der Waals surface area contributed by atoms with Crippen LogP contribution in [0.2, 0.25) is 5.02 Å². The smallest absolute Gasteiger partial charge is 0.193 e. The minimum absolute atomic E-state index is 0. The van der Waals surface area contributed by atoms with Crippen LogP contribution in [-0.2, 0) is 23.1 Å². The fraction of sp³-hybridized carbons (Fsp3) is 0.667. The molecule has 0 aliphatic rings. The van der Waals surface area contributed by atoms with E-state index in [1.54, 1.807) is 14.2 Å². The molecule has 0 fully saturated rings. The summed E-state index contributed by atoms with van der Waals surface area (Å²) >= 11 is 6.01. The van der Waals surface area contributed by atoms with Crippen LogP contribution in [0, 0.1) is 0 Å². The lowest BCUT2D eigenvalue weighted by atomic mass is 10.4. The summed E-state index contributed by atoms with van der Waals surface area (Å²) in [4.78, 5) is 6.36. The fourth-order valence-corrected chi connectivity index (χ4v) is 2.32. The lowest BCUT2D eigenvalue weighted by molar-refractivity contribution is 0.0698. The van der Waals surface area contributed by atoms with Gasteiger partial charge >= 0.3 is 0 Å². The van der Waals surface area contributed by atoms with E-state index in [2.05, 4.69) is 15.2 Å². The molecule has 134 valence electrons. The first-order chi connectivity index (χ1) is 10.6. The van der Waals surface area contributed by atoms with Crippen LogP contribution in [0.3, 0.4) is 0 Å². The average molecular weight is 459 g/mol. The summed E-state index contributed by atoms with van der Waals surface area (Å²) < 4.78 is 12.4. The third-order valence-electron chi connectivity index (χ3n) is 3.23. The van der Waals surface area contributed by atoms with Crippen LogP contribution in [-0.4, -0.2) is 63.0 Å². The third-order valence-corrected chi connectivity index (χ3v) is 3.43. The lowest BCUT2D eigenvalue weighted by Crippen LogP contribution is -2.39. The second-order valence-electron chi connectivity index (χ2n) is 5.05. The molecule has 0 saturated heterocycles. The van der Waals surface area contributed by atoms with E-state index in [4.69, 9.17) is 21.1 Å². The molecule has 0 amide bonds. The number of halogens is 2. The van der Waals surface area contributed by atoms with Gasteiger partial charge in [0.15, 0.2) is 5.96 Å². The maximum absolute atomic E-state index is 6.01. The molecular formula is C15H28ClIN4O2. The van der Waals surface area contributed by atoms with Gasteiger partial charge in [-0.1, -0.05) is 11.6 Å². The molecule has 0 aliphatic heterocycles. The topological polar surface area (TPSA) is 51.0 Å². The van der Waals surface area contributed by atoms with E-state index in [0.29, 0.717) is 19.8 Å². The van der Waals surface area contributed by atoms with Crippen LogP contribution >= 0.6 is 35.6 Å². The van der Waals surface area contributed by atoms with Crippen LogP contribution in [0.5, 0.6) is 0 Å². The van der Waals surface area contributed by atoms with Crippen molar-refractivity contribution in [2.75, 3.05) is 47.6 Å². The number of aryl methyl sites for hydroxylation is 1. The molecule has 0 radical (unpaired) electrons. The first kappa shape index (κ1) is 22.5. The molecule has 1 aromatic rings. The second kappa shape index (κ2) is 12.9. The zero-order chi connectivity index (χ0) is 16.4. The summed E-state index contributed by atoms with van der Waals surface area (Å²) in [6.07, 6.45) is 2.82. The largest absolute Gasteiger partial charge is 0.382 e. The predicted octanol–water partition coefficient (Wildman–Crippen LogP) is 2.36. The van der Waals surface area contributed by atoms with Gasteiger partial charge in [0.1, 0.15) is 0 Å². The molecule has 1 N–H and O–H groups in total. The molecule has 0 atom stereocenters. The number of nitrogens with zero attached hydrogens (tertiary/aromatic N) is 3. The number of hydrogen-bond donors (Lipinski definition) is 1. The highest BCUT2D eigenvalue weighted by Crippen LogP contribution is 2.14. The maximum Gasteiger partial charge on any atom is 0.193 e. The van der Waals surface area contributed by atoms with Crippen LogP contribution in [0.15, 0.2) is 17.3 Å². The van der Waals surface area contributed by atoms with Crippen LogP contribution < -0.4 is 5.32 Å². The number of ether oxygens (including phenoxy) is 2. The Morgan fingerprint density at radius 2 is 2.13 bits per heavy atom. The molecule has 1 rings (SSSR count). The number of nitrogens with one attached hydrogen (secondary N) is 1. The second-order valence-corrected chi connectivity index (χ2v) is 5.49. The summed E-state index contributed by atoms with van der Waals surface area (Å²) in [5.41, 5.74) is 1.14. The van der Waals surface area contributed by atoms with E-state index in [1.165, 1.54) is 0 Å². The van der Waals surface area contributed by atoms with E-state index in [0.717, 1.165) is 36.2 Å². The first-order valence-electron chi connectivity index (χ1n) is 7.37. The van der Waals surface area contributed by atoms with Gasteiger partial charge in [-0.25, -0.2) is 0 Å². The Bertz CT molecular complexity index is 468. The van der Waals surface area contributed by atoms with Crippen molar-refractivity contribution in [3.05, 3.63) is 23.0 Å². The molecule has 23 heavy (non-hydrogen) atoms. The Labute approximate surface area is 161 Å². The van der Waals surface area contributed by atoms with E-state index >= 15 is 0 Å². The molecule has 1 heterocycles. The quantitative estimate of drug-likeness (QED) is 0.267. The van der Waals surface area contributed by atoms with Crippen molar-refractivity contribution in [1.29, 1.82) is 0 Å². The summed E-state index contributed by atoms with van der Waals surface area (Å²) in [6, 6.07) is 1.97. The van der Waals surface area contributed by atoms with E-state index in [-0.39, 0.29) is 24.0 Å². The van der Waals surface area contributed by atoms with Crippen molar-refractivity contribution in [3.8, 4) is 0 Å². The summed E-state index contributed by atoms with van der Waals surface area (Å²) in [5.74, 6) is 0.856. The highest BCUT2D eigenvalue weighted by atomic mass is 127. The summed E-state index contributed by atoms with van der Waals surface area (Å²) in [6.45, 7) is 3.55. The Hall–Kier alpha value is -0.510. The molecule has 0 saturated carbocycles. The zero-order valence-electron chi connectivity index (χ0n) is 14.3. The fourth-order valence-electron chi connectivity index (χ4n) is 2.04. The average Bonchev–Trinajstić information content (AvgIpc) is 2.79. The van der Waals surface area contributed by atoms with Gasteiger partial charge in [0.2, 0.25) is 0 Å². The molecule has 0 aromatic carbocycles. The highest BCUT2D eigenvalue weighted by molar-refractivity contribution is 14.0. The minimum Gasteiger partial charge on any atom is -0.382 e. The lowest BCUT2D eigenvalue weighted by Gasteiger charge is -2.22. The number of aliphatic imine (C=N–C) groups is 1. The molecular weight excluding hydrogens is 431 g/mol. The Balaban J connectivity index is 0.00000484.